The first-order valence-corrected chi connectivity index (χ1v) is 11.5. The van der Waals surface area contributed by atoms with E-state index in [-0.39, 0.29) is 5.91 Å². The van der Waals surface area contributed by atoms with Gasteiger partial charge in [0.25, 0.3) is 0 Å². The minimum atomic E-state index is -0.772. The Morgan fingerprint density at radius 2 is 2.00 bits per heavy atom. The Balaban J connectivity index is 1.93. The summed E-state index contributed by atoms with van der Waals surface area (Å²) in [6.45, 7) is 7.80. The first kappa shape index (κ1) is 22.1. The molecule has 1 amide bonds. The number of benzene rings is 2. The molecule has 32 heavy (non-hydrogen) atoms. The van der Waals surface area contributed by atoms with Gasteiger partial charge in [-0.15, -0.1) is 10.2 Å². The van der Waals surface area contributed by atoms with E-state index in [0.717, 1.165) is 22.4 Å². The van der Waals surface area contributed by atoms with Gasteiger partial charge >= 0.3 is 0 Å². The molecule has 2 aromatic carbocycles. The van der Waals surface area contributed by atoms with Crippen LogP contribution in [0.3, 0.4) is 0 Å². The Morgan fingerprint density at radius 1 is 1.22 bits per heavy atom. The number of aryl methyl sites for hydroxylation is 1. The highest BCUT2D eigenvalue weighted by molar-refractivity contribution is 7.99. The van der Waals surface area contributed by atoms with Gasteiger partial charge in [0.2, 0.25) is 23.2 Å². The predicted molar refractivity (Wildman–Crippen MR) is 125 cm³/mol. The quantitative estimate of drug-likeness (QED) is 0.504. The van der Waals surface area contributed by atoms with Crippen molar-refractivity contribution in [3.05, 3.63) is 53.6 Å². The van der Waals surface area contributed by atoms with Gasteiger partial charge in [-0.25, -0.2) is 0 Å². The second-order valence-electron chi connectivity index (χ2n) is 8.07. The Hall–Kier alpha value is -3.13. The van der Waals surface area contributed by atoms with E-state index in [1.807, 2.05) is 49.4 Å². The fourth-order valence-electron chi connectivity index (χ4n) is 3.59. The van der Waals surface area contributed by atoms with E-state index in [9.17, 15) is 4.79 Å². The summed E-state index contributed by atoms with van der Waals surface area (Å²) in [5.41, 5.74) is 3.72. The molecule has 0 bridgehead atoms. The van der Waals surface area contributed by atoms with Crippen molar-refractivity contribution in [2.24, 2.45) is 5.92 Å². The van der Waals surface area contributed by atoms with Gasteiger partial charge in [-0.05, 0) is 37.1 Å². The molecule has 0 N–H and O–H groups in total. The predicted octanol–water partition coefficient (Wildman–Crippen LogP) is 5.05. The van der Waals surface area contributed by atoms with E-state index in [2.05, 4.69) is 29.0 Å². The van der Waals surface area contributed by atoms with Crippen LogP contribution in [-0.2, 0) is 4.79 Å². The molecule has 0 radical (unpaired) electrons. The van der Waals surface area contributed by atoms with Gasteiger partial charge in [-0.1, -0.05) is 49.4 Å². The van der Waals surface area contributed by atoms with Crippen LogP contribution in [0.5, 0.6) is 11.6 Å². The highest BCUT2D eigenvalue weighted by atomic mass is 32.2. The van der Waals surface area contributed by atoms with Crippen LogP contribution < -0.4 is 14.4 Å². The highest BCUT2D eigenvalue weighted by Crippen LogP contribution is 2.45. The number of rotatable bonds is 5. The SMILES string of the molecule is COc1ccccc1[C@@H]1Oc2nc(SCC(C)C)nnc2-c2cc(C)ccc2N1C(C)=O. The number of hydrogen-bond donors (Lipinski definition) is 0. The molecule has 0 unspecified atom stereocenters. The lowest BCUT2D eigenvalue weighted by atomic mass is 10.0. The Labute approximate surface area is 192 Å². The number of fused-ring (bicyclic) bond motifs is 3. The lowest BCUT2D eigenvalue weighted by molar-refractivity contribution is -0.118. The smallest absolute Gasteiger partial charge is 0.247 e. The molecule has 1 aromatic heterocycles. The van der Waals surface area contributed by atoms with E-state index in [1.165, 1.54) is 18.7 Å². The van der Waals surface area contributed by atoms with Gasteiger partial charge in [-0.2, -0.15) is 4.98 Å². The van der Waals surface area contributed by atoms with E-state index < -0.39 is 6.23 Å². The summed E-state index contributed by atoms with van der Waals surface area (Å²) in [7, 11) is 1.60. The number of methoxy groups -OCH3 is 1. The number of carbonyl (C=O) groups is 1. The van der Waals surface area contributed by atoms with Crippen molar-refractivity contribution in [2.75, 3.05) is 17.8 Å². The van der Waals surface area contributed by atoms with Crippen molar-refractivity contribution in [3.8, 4) is 22.9 Å². The molecule has 0 saturated heterocycles. The van der Waals surface area contributed by atoms with Crippen LogP contribution in [0.25, 0.3) is 11.3 Å². The summed E-state index contributed by atoms with van der Waals surface area (Å²) < 4.78 is 12.0. The fraction of sp³-hybridized carbons (Fsp3) is 0.333. The van der Waals surface area contributed by atoms with Crippen molar-refractivity contribution in [3.63, 3.8) is 0 Å². The zero-order chi connectivity index (χ0) is 22.8. The third kappa shape index (κ3) is 4.27. The van der Waals surface area contributed by atoms with Crippen LogP contribution in [0.4, 0.5) is 5.69 Å². The molecule has 1 atom stereocenters. The standard InChI is InChI=1S/C24H26N4O3S/c1-14(2)13-32-24-25-22-21(26-27-24)18-12-15(3)10-11-19(18)28(16(4)29)23(31-22)17-8-6-7-9-20(17)30-5/h6-12,14,23H,13H2,1-5H3/t23-/m0/s1. The van der Waals surface area contributed by atoms with Crippen LogP contribution in [-0.4, -0.2) is 34.0 Å². The summed E-state index contributed by atoms with van der Waals surface area (Å²) in [5.74, 6) is 2.16. The molecule has 0 saturated carbocycles. The molecule has 2 heterocycles. The van der Waals surface area contributed by atoms with Gasteiger partial charge in [0.1, 0.15) is 5.75 Å². The number of anilines is 1. The van der Waals surface area contributed by atoms with E-state index in [1.54, 1.807) is 12.0 Å². The third-order valence-corrected chi connectivity index (χ3v) is 6.31. The second-order valence-corrected chi connectivity index (χ2v) is 9.06. The maximum absolute atomic E-state index is 12.9. The molecule has 1 aliphatic heterocycles. The number of carbonyl (C=O) groups excluding carboxylic acids is 1. The number of hydrogen-bond acceptors (Lipinski definition) is 7. The van der Waals surface area contributed by atoms with Crippen molar-refractivity contribution >= 4 is 23.4 Å². The summed E-state index contributed by atoms with van der Waals surface area (Å²) in [6.07, 6.45) is -0.772. The van der Waals surface area contributed by atoms with E-state index in [0.29, 0.717) is 34.1 Å². The first-order valence-electron chi connectivity index (χ1n) is 10.5. The van der Waals surface area contributed by atoms with Crippen molar-refractivity contribution < 1.29 is 14.3 Å². The molecule has 8 heteroatoms. The van der Waals surface area contributed by atoms with Gasteiger partial charge in [-0.3, -0.25) is 9.69 Å². The topological polar surface area (TPSA) is 77.4 Å². The van der Waals surface area contributed by atoms with Gasteiger partial charge < -0.3 is 9.47 Å². The highest BCUT2D eigenvalue weighted by Gasteiger charge is 2.36. The zero-order valence-electron chi connectivity index (χ0n) is 18.8. The molecule has 0 fully saturated rings. The monoisotopic (exact) mass is 450 g/mol. The van der Waals surface area contributed by atoms with Crippen LogP contribution in [0.1, 0.15) is 38.1 Å². The van der Waals surface area contributed by atoms with Crippen LogP contribution in [0, 0.1) is 12.8 Å². The second kappa shape index (κ2) is 9.16. The Morgan fingerprint density at radius 3 is 2.72 bits per heavy atom. The summed E-state index contributed by atoms with van der Waals surface area (Å²) >= 11 is 1.53. The molecule has 4 rings (SSSR count). The van der Waals surface area contributed by atoms with Crippen LogP contribution in [0.2, 0.25) is 0 Å². The first-order chi connectivity index (χ1) is 15.4. The molecule has 0 aliphatic carbocycles. The lowest BCUT2D eigenvalue weighted by Crippen LogP contribution is -2.36. The number of aromatic nitrogens is 3. The Kier molecular flexibility index (Phi) is 6.32. The summed E-state index contributed by atoms with van der Waals surface area (Å²) in [4.78, 5) is 19.2. The maximum Gasteiger partial charge on any atom is 0.247 e. The largest absolute Gasteiger partial charge is 0.496 e. The number of thioether (sulfide) groups is 1. The number of para-hydroxylation sites is 1. The minimum absolute atomic E-state index is 0.166. The van der Waals surface area contributed by atoms with Gasteiger partial charge in [0, 0.05) is 18.2 Å². The maximum atomic E-state index is 12.9. The molecular weight excluding hydrogens is 424 g/mol. The molecular formula is C24H26N4O3S. The average molecular weight is 451 g/mol. The van der Waals surface area contributed by atoms with Gasteiger partial charge in [0.05, 0.1) is 18.4 Å². The number of ether oxygens (including phenoxy) is 2. The lowest BCUT2D eigenvalue weighted by Gasteiger charge is -2.30. The summed E-state index contributed by atoms with van der Waals surface area (Å²) in [5, 5.41) is 9.35. The average Bonchev–Trinajstić information content (AvgIpc) is 2.91. The zero-order valence-corrected chi connectivity index (χ0v) is 19.6. The minimum Gasteiger partial charge on any atom is -0.496 e. The molecule has 166 valence electrons. The molecule has 0 spiro atoms. The van der Waals surface area contributed by atoms with E-state index >= 15 is 0 Å². The third-order valence-electron chi connectivity index (χ3n) is 5.05. The van der Waals surface area contributed by atoms with E-state index in [4.69, 9.17) is 9.47 Å². The van der Waals surface area contributed by atoms with Crippen LogP contribution in [0.15, 0.2) is 47.6 Å². The summed E-state index contributed by atoms with van der Waals surface area (Å²) in [6, 6.07) is 13.4. The van der Waals surface area contributed by atoms with Gasteiger partial charge in [0.15, 0.2) is 5.69 Å². The fourth-order valence-corrected chi connectivity index (χ4v) is 4.32. The van der Waals surface area contributed by atoms with Crippen LogP contribution >= 0.6 is 11.8 Å². The number of amides is 1. The van der Waals surface area contributed by atoms with Crippen molar-refractivity contribution in [2.45, 2.75) is 39.1 Å². The molecule has 3 aromatic rings. The molecule has 7 nitrogen and oxygen atoms in total. The molecule has 1 aliphatic rings. The Bertz CT molecular complexity index is 1150. The normalized spacial score (nSPS) is 14.9. The van der Waals surface area contributed by atoms with Crippen molar-refractivity contribution in [1.82, 2.24) is 15.2 Å². The number of nitrogens with zero attached hydrogens (tertiary/aromatic N) is 4. The van der Waals surface area contributed by atoms with Crippen molar-refractivity contribution in [1.29, 1.82) is 0 Å².